The van der Waals surface area contributed by atoms with E-state index in [-0.39, 0.29) is 6.17 Å². The van der Waals surface area contributed by atoms with Crippen LogP contribution in [0.25, 0.3) is 0 Å². The number of carbonyl (C=O) groups excluding carboxylic acids is 1. The van der Waals surface area contributed by atoms with Crippen LogP contribution in [0.15, 0.2) is 0 Å². The highest BCUT2D eigenvalue weighted by Crippen LogP contribution is 2.32. The molecule has 1 N–H and O–H groups in total. The molecule has 2 fully saturated rings. The second kappa shape index (κ2) is 5.61. The summed E-state index contributed by atoms with van der Waals surface area (Å²) in [4.78, 5) is 14.2. The van der Waals surface area contributed by atoms with Crippen molar-refractivity contribution in [3.05, 3.63) is 0 Å². The summed E-state index contributed by atoms with van der Waals surface area (Å²) in [6.45, 7) is 4.92. The highest BCUT2D eigenvalue weighted by Gasteiger charge is 2.39. The molecule has 0 bridgehead atoms. The van der Waals surface area contributed by atoms with Crippen LogP contribution in [0, 0.1) is 5.92 Å². The average Bonchev–Trinajstić information content (AvgIpc) is 2.71. The third kappa shape index (κ3) is 2.79. The number of amides is 1. The number of thioether (sulfide) groups is 1. The molecule has 0 aromatic rings. The van der Waals surface area contributed by atoms with Crippen molar-refractivity contribution in [3.63, 3.8) is 0 Å². The normalized spacial score (nSPS) is 34.7. The summed E-state index contributed by atoms with van der Waals surface area (Å²) in [5.41, 5.74) is 0. The molecule has 17 heavy (non-hydrogen) atoms. The maximum atomic E-state index is 12.0. The van der Waals surface area contributed by atoms with Gasteiger partial charge in [-0.1, -0.05) is 20.3 Å². The summed E-state index contributed by atoms with van der Waals surface area (Å²) in [5.74, 6) is 0.798. The Morgan fingerprint density at radius 1 is 1.41 bits per heavy atom. The SMILES string of the molecule is CSC1CCCC(N2C(=O)CNC2C(C)C)C1. The molecule has 0 radical (unpaired) electrons. The topological polar surface area (TPSA) is 32.3 Å². The summed E-state index contributed by atoms with van der Waals surface area (Å²) in [6, 6.07) is 0.469. The predicted octanol–water partition coefficient (Wildman–Crippen LogP) is 2.07. The third-order valence-corrected chi connectivity index (χ3v) is 5.10. The summed E-state index contributed by atoms with van der Waals surface area (Å²) in [7, 11) is 0. The van der Waals surface area contributed by atoms with Crippen LogP contribution >= 0.6 is 11.8 Å². The molecule has 0 spiro atoms. The van der Waals surface area contributed by atoms with E-state index in [4.69, 9.17) is 0 Å². The molecule has 1 aliphatic carbocycles. The summed E-state index contributed by atoms with van der Waals surface area (Å²) in [5, 5.41) is 4.10. The van der Waals surface area contributed by atoms with Crippen molar-refractivity contribution in [1.29, 1.82) is 0 Å². The van der Waals surface area contributed by atoms with Crippen molar-refractivity contribution in [2.75, 3.05) is 12.8 Å². The van der Waals surface area contributed by atoms with Crippen molar-refractivity contribution in [1.82, 2.24) is 10.2 Å². The van der Waals surface area contributed by atoms with E-state index in [1.165, 1.54) is 25.7 Å². The van der Waals surface area contributed by atoms with E-state index in [9.17, 15) is 4.79 Å². The number of rotatable bonds is 3. The molecule has 2 aliphatic rings. The van der Waals surface area contributed by atoms with Crippen molar-refractivity contribution < 1.29 is 4.79 Å². The second-order valence-electron chi connectivity index (χ2n) is 5.55. The van der Waals surface area contributed by atoms with Gasteiger partial charge in [-0.05, 0) is 31.4 Å². The number of hydrogen-bond donors (Lipinski definition) is 1. The van der Waals surface area contributed by atoms with E-state index in [1.54, 1.807) is 0 Å². The zero-order chi connectivity index (χ0) is 12.4. The summed E-state index contributed by atoms with van der Waals surface area (Å²) in [6.07, 6.45) is 7.40. The average molecular weight is 256 g/mol. The fourth-order valence-electron chi connectivity index (χ4n) is 3.11. The fraction of sp³-hybridized carbons (Fsp3) is 0.923. The molecule has 1 heterocycles. The Morgan fingerprint density at radius 3 is 2.82 bits per heavy atom. The molecule has 0 aromatic carbocycles. The quantitative estimate of drug-likeness (QED) is 0.839. The van der Waals surface area contributed by atoms with Crippen LogP contribution in [0.5, 0.6) is 0 Å². The molecule has 2 rings (SSSR count). The molecule has 1 amide bonds. The lowest BCUT2D eigenvalue weighted by Gasteiger charge is -2.39. The van der Waals surface area contributed by atoms with Crippen LogP contribution in [0.4, 0.5) is 0 Å². The molecule has 98 valence electrons. The van der Waals surface area contributed by atoms with Gasteiger partial charge in [0.05, 0.1) is 12.7 Å². The summed E-state index contributed by atoms with van der Waals surface area (Å²) < 4.78 is 0. The van der Waals surface area contributed by atoms with E-state index in [2.05, 4.69) is 30.3 Å². The van der Waals surface area contributed by atoms with Gasteiger partial charge in [-0.15, -0.1) is 0 Å². The van der Waals surface area contributed by atoms with Gasteiger partial charge in [0.25, 0.3) is 0 Å². The first-order chi connectivity index (χ1) is 8.13. The maximum Gasteiger partial charge on any atom is 0.238 e. The monoisotopic (exact) mass is 256 g/mol. The molecular weight excluding hydrogens is 232 g/mol. The largest absolute Gasteiger partial charge is 0.323 e. The van der Waals surface area contributed by atoms with Crippen LogP contribution < -0.4 is 5.32 Å². The molecule has 0 aromatic heterocycles. The first-order valence-corrected chi connectivity index (χ1v) is 7.99. The maximum absolute atomic E-state index is 12.0. The molecule has 3 unspecified atom stereocenters. The molecule has 4 heteroatoms. The van der Waals surface area contributed by atoms with E-state index in [0.717, 1.165) is 5.25 Å². The van der Waals surface area contributed by atoms with E-state index >= 15 is 0 Å². The van der Waals surface area contributed by atoms with Gasteiger partial charge in [-0.2, -0.15) is 11.8 Å². The van der Waals surface area contributed by atoms with Crippen LogP contribution in [0.2, 0.25) is 0 Å². The van der Waals surface area contributed by atoms with Gasteiger partial charge in [0.2, 0.25) is 5.91 Å². The van der Waals surface area contributed by atoms with Crippen molar-refractivity contribution in [3.8, 4) is 0 Å². The zero-order valence-electron chi connectivity index (χ0n) is 11.1. The first kappa shape index (κ1) is 13.2. The van der Waals surface area contributed by atoms with Crippen molar-refractivity contribution in [2.24, 2.45) is 5.92 Å². The number of hydrogen-bond acceptors (Lipinski definition) is 3. The zero-order valence-corrected chi connectivity index (χ0v) is 11.9. The molecule has 1 saturated heterocycles. The Bertz CT molecular complexity index is 283. The minimum Gasteiger partial charge on any atom is -0.323 e. The lowest BCUT2D eigenvalue weighted by molar-refractivity contribution is -0.131. The van der Waals surface area contributed by atoms with Gasteiger partial charge < -0.3 is 4.90 Å². The number of nitrogens with zero attached hydrogens (tertiary/aromatic N) is 1. The van der Waals surface area contributed by atoms with Crippen molar-refractivity contribution >= 4 is 17.7 Å². The number of nitrogens with one attached hydrogen (secondary N) is 1. The third-order valence-electron chi connectivity index (χ3n) is 4.01. The van der Waals surface area contributed by atoms with Gasteiger partial charge in [0.1, 0.15) is 0 Å². The lowest BCUT2D eigenvalue weighted by Crippen LogP contribution is -2.49. The van der Waals surface area contributed by atoms with Crippen LogP contribution in [0.3, 0.4) is 0 Å². The van der Waals surface area contributed by atoms with Gasteiger partial charge in [-0.3, -0.25) is 10.1 Å². The Labute approximate surface area is 109 Å². The van der Waals surface area contributed by atoms with Crippen LogP contribution in [0.1, 0.15) is 39.5 Å². The molecule has 3 nitrogen and oxygen atoms in total. The van der Waals surface area contributed by atoms with Crippen molar-refractivity contribution in [2.45, 2.75) is 57.0 Å². The van der Waals surface area contributed by atoms with Gasteiger partial charge in [-0.25, -0.2) is 0 Å². The van der Waals surface area contributed by atoms with Gasteiger partial charge >= 0.3 is 0 Å². The van der Waals surface area contributed by atoms with E-state index in [0.29, 0.717) is 24.4 Å². The highest BCUT2D eigenvalue weighted by molar-refractivity contribution is 7.99. The standard InChI is InChI=1S/C13H24N2OS/c1-9(2)13-14-8-12(16)15(13)10-5-4-6-11(7-10)17-3/h9-11,13-14H,4-8H2,1-3H3. The molecule has 1 aliphatic heterocycles. The number of carbonyl (C=O) groups is 1. The second-order valence-corrected chi connectivity index (χ2v) is 6.69. The molecular formula is C13H24N2OS. The van der Waals surface area contributed by atoms with Crippen LogP contribution in [-0.2, 0) is 4.79 Å². The predicted molar refractivity (Wildman–Crippen MR) is 73.0 cm³/mol. The van der Waals surface area contributed by atoms with Gasteiger partial charge in [0, 0.05) is 11.3 Å². The molecule has 1 saturated carbocycles. The Balaban J connectivity index is 2.05. The molecule has 3 atom stereocenters. The fourth-order valence-corrected chi connectivity index (χ4v) is 3.93. The lowest BCUT2D eigenvalue weighted by atomic mass is 9.92. The Morgan fingerprint density at radius 2 is 2.18 bits per heavy atom. The minimum absolute atomic E-state index is 0.258. The smallest absolute Gasteiger partial charge is 0.238 e. The summed E-state index contributed by atoms with van der Waals surface area (Å²) >= 11 is 1.96. The first-order valence-electron chi connectivity index (χ1n) is 6.70. The highest BCUT2D eigenvalue weighted by atomic mass is 32.2. The van der Waals surface area contributed by atoms with E-state index < -0.39 is 0 Å². The minimum atomic E-state index is 0.258. The van der Waals surface area contributed by atoms with Crippen LogP contribution in [-0.4, -0.2) is 41.1 Å². The Hall–Kier alpha value is -0.220. The van der Waals surface area contributed by atoms with Gasteiger partial charge in [0.15, 0.2) is 0 Å². The van der Waals surface area contributed by atoms with E-state index in [1.807, 2.05) is 11.8 Å². The Kier molecular flexibility index (Phi) is 4.36.